The third-order valence-electron chi connectivity index (χ3n) is 2.64. The topological polar surface area (TPSA) is 59.7 Å². The van der Waals surface area contributed by atoms with Crippen LogP contribution < -0.4 is 0 Å². The van der Waals surface area contributed by atoms with Crippen molar-refractivity contribution in [3.05, 3.63) is 22.6 Å². The van der Waals surface area contributed by atoms with E-state index in [1.807, 2.05) is 6.92 Å². The number of unbranched alkanes of at least 4 members (excludes halogenated alkanes) is 1. The summed E-state index contributed by atoms with van der Waals surface area (Å²) in [7, 11) is 0. The minimum Gasteiger partial charge on any atom is -0.465 e. The first-order valence-electron chi connectivity index (χ1n) is 6.13. The van der Waals surface area contributed by atoms with Gasteiger partial charge in [-0.1, -0.05) is 20.3 Å². The molecule has 5 heteroatoms. The molecule has 0 radical (unpaired) electrons. The Labute approximate surface area is 115 Å². The molecule has 1 N–H and O–H groups in total. The Morgan fingerprint density at radius 1 is 1.61 bits per heavy atom. The molecule has 0 amide bonds. The molecule has 102 valence electrons. The van der Waals surface area contributed by atoms with Crippen LogP contribution in [0.2, 0.25) is 0 Å². The molecular weight excluding hydrogens is 300 g/mol. The van der Waals surface area contributed by atoms with E-state index < -0.39 is 6.10 Å². The fourth-order valence-corrected chi connectivity index (χ4v) is 1.83. The van der Waals surface area contributed by atoms with E-state index >= 15 is 0 Å². The van der Waals surface area contributed by atoms with Crippen molar-refractivity contribution in [2.75, 3.05) is 6.61 Å². The normalized spacial score (nSPS) is 14.2. The van der Waals surface area contributed by atoms with Gasteiger partial charge in [-0.25, -0.2) is 0 Å². The lowest BCUT2D eigenvalue weighted by Gasteiger charge is -2.14. The van der Waals surface area contributed by atoms with Gasteiger partial charge in [0.1, 0.15) is 18.1 Å². The summed E-state index contributed by atoms with van der Waals surface area (Å²) < 4.78 is 11.0. The number of hydrogen-bond donors (Lipinski definition) is 1. The molecule has 1 aromatic rings. The van der Waals surface area contributed by atoms with Crippen LogP contribution in [0.1, 0.15) is 45.0 Å². The Bertz CT molecular complexity index is 375. The Kier molecular flexibility index (Phi) is 6.43. The molecule has 1 heterocycles. The zero-order valence-electron chi connectivity index (χ0n) is 10.7. The predicted octanol–water partition coefficient (Wildman–Crippen LogP) is 3.45. The van der Waals surface area contributed by atoms with E-state index in [9.17, 15) is 9.90 Å². The van der Waals surface area contributed by atoms with Crippen LogP contribution >= 0.6 is 15.9 Å². The van der Waals surface area contributed by atoms with Crippen LogP contribution in [0.25, 0.3) is 0 Å². The number of halogens is 1. The van der Waals surface area contributed by atoms with Gasteiger partial charge in [0.15, 0.2) is 0 Å². The Hall–Kier alpha value is -0.810. The monoisotopic (exact) mass is 318 g/mol. The molecule has 4 nitrogen and oxygen atoms in total. The zero-order valence-corrected chi connectivity index (χ0v) is 12.3. The van der Waals surface area contributed by atoms with Crippen LogP contribution in [-0.2, 0) is 9.53 Å². The second-order valence-electron chi connectivity index (χ2n) is 4.34. The highest BCUT2D eigenvalue weighted by Crippen LogP contribution is 2.25. The highest BCUT2D eigenvalue weighted by molar-refractivity contribution is 9.10. The molecule has 1 aromatic heterocycles. The van der Waals surface area contributed by atoms with Gasteiger partial charge in [0.2, 0.25) is 0 Å². The molecular formula is C13H19BrO4. The number of esters is 1. The summed E-state index contributed by atoms with van der Waals surface area (Å²) in [5.74, 6) is -0.163. The molecule has 2 atom stereocenters. The molecule has 1 rings (SSSR count). The van der Waals surface area contributed by atoms with Crippen molar-refractivity contribution < 1.29 is 19.1 Å². The van der Waals surface area contributed by atoms with E-state index in [-0.39, 0.29) is 11.9 Å². The van der Waals surface area contributed by atoms with Gasteiger partial charge >= 0.3 is 5.97 Å². The fraction of sp³-hybridized carbons (Fsp3) is 0.615. The van der Waals surface area contributed by atoms with Gasteiger partial charge in [0.05, 0.1) is 17.0 Å². The molecule has 0 saturated carbocycles. The van der Waals surface area contributed by atoms with Gasteiger partial charge < -0.3 is 14.3 Å². The summed E-state index contributed by atoms with van der Waals surface area (Å²) in [4.78, 5) is 11.6. The van der Waals surface area contributed by atoms with Crippen LogP contribution in [0.4, 0.5) is 0 Å². The van der Waals surface area contributed by atoms with E-state index in [4.69, 9.17) is 9.15 Å². The Balaban J connectivity index is 2.39. The molecule has 0 spiro atoms. The summed E-state index contributed by atoms with van der Waals surface area (Å²) in [5.41, 5.74) is 0. The smallest absolute Gasteiger partial charge is 0.308 e. The molecule has 0 saturated heterocycles. The maximum atomic E-state index is 11.6. The summed E-state index contributed by atoms with van der Waals surface area (Å²) >= 11 is 3.24. The second kappa shape index (κ2) is 7.59. The standard InChI is InChI=1S/C13H19BrO4/c1-3-4-5-17-13(16)9(2)6-11(15)12-7-10(14)8-18-12/h7-9,11,15H,3-6H2,1-2H3. The average Bonchev–Trinajstić information content (AvgIpc) is 2.76. The Morgan fingerprint density at radius 2 is 2.33 bits per heavy atom. The zero-order chi connectivity index (χ0) is 13.5. The van der Waals surface area contributed by atoms with Crippen molar-refractivity contribution in [3.63, 3.8) is 0 Å². The minimum atomic E-state index is -0.787. The van der Waals surface area contributed by atoms with Crippen molar-refractivity contribution in [1.82, 2.24) is 0 Å². The van der Waals surface area contributed by atoms with Crippen LogP contribution in [0.15, 0.2) is 21.2 Å². The van der Waals surface area contributed by atoms with Gasteiger partial charge in [-0.3, -0.25) is 4.79 Å². The van der Waals surface area contributed by atoms with E-state index in [0.29, 0.717) is 18.8 Å². The molecule has 0 aliphatic heterocycles. The minimum absolute atomic E-state index is 0.270. The number of ether oxygens (including phenoxy) is 1. The number of aliphatic hydroxyl groups is 1. The van der Waals surface area contributed by atoms with Crippen molar-refractivity contribution >= 4 is 21.9 Å². The molecule has 0 aromatic carbocycles. The van der Waals surface area contributed by atoms with Gasteiger partial charge in [-0.2, -0.15) is 0 Å². The highest BCUT2D eigenvalue weighted by Gasteiger charge is 2.21. The van der Waals surface area contributed by atoms with Crippen molar-refractivity contribution in [1.29, 1.82) is 0 Å². The number of carbonyl (C=O) groups is 1. The maximum absolute atomic E-state index is 11.6. The van der Waals surface area contributed by atoms with Gasteiger partial charge in [0.25, 0.3) is 0 Å². The first-order chi connectivity index (χ1) is 8.54. The summed E-state index contributed by atoms with van der Waals surface area (Å²) in [6.45, 7) is 4.23. The van der Waals surface area contributed by atoms with Gasteiger partial charge in [-0.05, 0) is 34.8 Å². The van der Waals surface area contributed by atoms with Crippen molar-refractivity contribution in [2.24, 2.45) is 5.92 Å². The summed E-state index contributed by atoms with van der Waals surface area (Å²) in [5, 5.41) is 9.90. The number of furan rings is 1. The second-order valence-corrected chi connectivity index (χ2v) is 5.26. The lowest BCUT2D eigenvalue weighted by Crippen LogP contribution is -2.18. The molecule has 0 aliphatic rings. The highest BCUT2D eigenvalue weighted by atomic mass is 79.9. The summed E-state index contributed by atoms with van der Waals surface area (Å²) in [6, 6.07) is 1.69. The quantitative estimate of drug-likeness (QED) is 0.618. The van der Waals surface area contributed by atoms with Gasteiger partial charge in [-0.15, -0.1) is 0 Å². The van der Waals surface area contributed by atoms with Gasteiger partial charge in [0, 0.05) is 0 Å². The van der Waals surface area contributed by atoms with E-state index in [1.54, 1.807) is 13.0 Å². The van der Waals surface area contributed by atoms with Crippen LogP contribution in [0.5, 0.6) is 0 Å². The largest absolute Gasteiger partial charge is 0.465 e. The number of carbonyl (C=O) groups excluding carboxylic acids is 1. The van der Waals surface area contributed by atoms with E-state index in [1.165, 1.54) is 6.26 Å². The summed E-state index contributed by atoms with van der Waals surface area (Å²) in [6.07, 6.45) is 2.87. The molecule has 18 heavy (non-hydrogen) atoms. The third kappa shape index (κ3) is 4.82. The van der Waals surface area contributed by atoms with Crippen LogP contribution in [-0.4, -0.2) is 17.7 Å². The predicted molar refractivity (Wildman–Crippen MR) is 71.0 cm³/mol. The van der Waals surface area contributed by atoms with E-state index in [2.05, 4.69) is 15.9 Å². The molecule has 0 fully saturated rings. The lowest BCUT2D eigenvalue weighted by atomic mass is 10.0. The Morgan fingerprint density at radius 3 is 2.89 bits per heavy atom. The molecule has 2 unspecified atom stereocenters. The molecule has 0 bridgehead atoms. The lowest BCUT2D eigenvalue weighted by molar-refractivity contribution is -0.149. The van der Waals surface area contributed by atoms with E-state index in [0.717, 1.165) is 17.3 Å². The SMILES string of the molecule is CCCCOC(=O)C(C)CC(O)c1cc(Br)co1. The first-order valence-corrected chi connectivity index (χ1v) is 6.92. The van der Waals surface area contributed by atoms with Crippen LogP contribution in [0, 0.1) is 5.92 Å². The van der Waals surface area contributed by atoms with Crippen molar-refractivity contribution in [2.45, 2.75) is 39.2 Å². The van der Waals surface area contributed by atoms with Crippen LogP contribution in [0.3, 0.4) is 0 Å². The molecule has 0 aliphatic carbocycles. The third-order valence-corrected chi connectivity index (χ3v) is 3.05. The number of hydrogen-bond acceptors (Lipinski definition) is 4. The fourth-order valence-electron chi connectivity index (χ4n) is 1.51. The maximum Gasteiger partial charge on any atom is 0.308 e. The van der Waals surface area contributed by atoms with Crippen molar-refractivity contribution in [3.8, 4) is 0 Å². The number of aliphatic hydroxyl groups excluding tert-OH is 1. The first kappa shape index (κ1) is 15.2. The number of rotatable bonds is 7. The average molecular weight is 319 g/mol.